The van der Waals surface area contributed by atoms with Crippen LogP contribution in [0.3, 0.4) is 0 Å². The SMILES string of the molecule is O=C(Nc1ccc(Cl)cc1F)[C@@H]1[C@H](C(=O)O)[C@@H]2CC[C@H]1O2. The Morgan fingerprint density at radius 2 is 1.95 bits per heavy atom. The number of rotatable bonds is 3. The predicted molar refractivity (Wildman–Crippen MR) is 72.6 cm³/mol. The molecule has 7 heteroatoms. The van der Waals surface area contributed by atoms with Gasteiger partial charge in [0.05, 0.1) is 29.7 Å². The molecule has 0 spiro atoms. The summed E-state index contributed by atoms with van der Waals surface area (Å²) in [5.74, 6) is -3.92. The average Bonchev–Trinajstić information content (AvgIpc) is 3.02. The monoisotopic (exact) mass is 313 g/mol. The van der Waals surface area contributed by atoms with Crippen molar-refractivity contribution >= 4 is 29.2 Å². The van der Waals surface area contributed by atoms with E-state index >= 15 is 0 Å². The highest BCUT2D eigenvalue weighted by atomic mass is 35.5. The molecule has 112 valence electrons. The number of hydrogen-bond donors (Lipinski definition) is 2. The van der Waals surface area contributed by atoms with E-state index in [2.05, 4.69) is 5.32 Å². The second-order valence-electron chi connectivity index (χ2n) is 5.29. The lowest BCUT2D eigenvalue weighted by molar-refractivity contribution is -0.147. The van der Waals surface area contributed by atoms with Crippen LogP contribution in [0.15, 0.2) is 18.2 Å². The lowest BCUT2D eigenvalue weighted by Gasteiger charge is -2.23. The Kier molecular flexibility index (Phi) is 3.59. The molecular formula is C14H13ClFNO4. The van der Waals surface area contributed by atoms with E-state index in [0.717, 1.165) is 6.07 Å². The average molecular weight is 314 g/mol. The molecule has 3 rings (SSSR count). The van der Waals surface area contributed by atoms with Crippen molar-refractivity contribution in [3.05, 3.63) is 29.0 Å². The predicted octanol–water partition coefficient (Wildman–Crippen LogP) is 2.30. The Morgan fingerprint density at radius 1 is 1.29 bits per heavy atom. The molecule has 2 aliphatic rings. The minimum absolute atomic E-state index is 0.0173. The Labute approximate surface area is 125 Å². The smallest absolute Gasteiger partial charge is 0.310 e. The summed E-state index contributed by atoms with van der Waals surface area (Å²) in [6.07, 6.45) is 0.445. The number of carbonyl (C=O) groups excluding carboxylic acids is 1. The van der Waals surface area contributed by atoms with Crippen LogP contribution in [-0.4, -0.2) is 29.2 Å². The van der Waals surface area contributed by atoms with Crippen LogP contribution in [-0.2, 0) is 14.3 Å². The first-order valence-corrected chi connectivity index (χ1v) is 6.99. The Morgan fingerprint density at radius 3 is 2.57 bits per heavy atom. The molecule has 0 unspecified atom stereocenters. The van der Waals surface area contributed by atoms with E-state index in [1.165, 1.54) is 12.1 Å². The largest absolute Gasteiger partial charge is 0.481 e. The van der Waals surface area contributed by atoms with Gasteiger partial charge in [-0.2, -0.15) is 0 Å². The summed E-state index contributed by atoms with van der Waals surface area (Å²) in [6.45, 7) is 0. The normalized spacial score (nSPS) is 30.4. The molecule has 2 saturated heterocycles. The van der Waals surface area contributed by atoms with Gasteiger partial charge in [0, 0.05) is 5.02 Å². The van der Waals surface area contributed by atoms with Crippen LogP contribution in [0.1, 0.15) is 12.8 Å². The van der Waals surface area contributed by atoms with Crippen LogP contribution in [0, 0.1) is 17.7 Å². The maximum atomic E-state index is 13.7. The molecule has 0 aromatic heterocycles. The van der Waals surface area contributed by atoms with Crippen LogP contribution in [0.2, 0.25) is 5.02 Å². The van der Waals surface area contributed by atoms with E-state index in [9.17, 15) is 19.1 Å². The zero-order valence-corrected chi connectivity index (χ0v) is 11.6. The molecule has 1 aromatic rings. The summed E-state index contributed by atoms with van der Waals surface area (Å²) in [7, 11) is 0. The third kappa shape index (κ3) is 2.49. The molecule has 21 heavy (non-hydrogen) atoms. The van der Waals surface area contributed by atoms with E-state index < -0.39 is 41.7 Å². The van der Waals surface area contributed by atoms with Crippen molar-refractivity contribution in [2.45, 2.75) is 25.0 Å². The maximum absolute atomic E-state index is 13.7. The lowest BCUT2D eigenvalue weighted by Crippen LogP contribution is -2.41. The van der Waals surface area contributed by atoms with E-state index in [1.807, 2.05) is 0 Å². The fraction of sp³-hybridized carbons (Fsp3) is 0.429. The minimum Gasteiger partial charge on any atom is -0.481 e. The number of carboxylic acids is 1. The number of halogens is 2. The van der Waals surface area contributed by atoms with Gasteiger partial charge in [-0.3, -0.25) is 9.59 Å². The number of fused-ring (bicyclic) bond motifs is 2. The fourth-order valence-electron chi connectivity index (χ4n) is 3.13. The van der Waals surface area contributed by atoms with Gasteiger partial charge >= 0.3 is 5.97 Å². The molecule has 2 N–H and O–H groups in total. The summed E-state index contributed by atoms with van der Waals surface area (Å²) < 4.78 is 19.2. The summed E-state index contributed by atoms with van der Waals surface area (Å²) >= 11 is 5.65. The first-order valence-electron chi connectivity index (χ1n) is 6.61. The zero-order chi connectivity index (χ0) is 15.1. The van der Waals surface area contributed by atoms with Crippen molar-refractivity contribution in [3.8, 4) is 0 Å². The first kappa shape index (κ1) is 14.3. The molecule has 0 saturated carbocycles. The zero-order valence-electron chi connectivity index (χ0n) is 10.9. The Bertz CT molecular complexity index is 609. The van der Waals surface area contributed by atoms with Crippen LogP contribution >= 0.6 is 11.6 Å². The van der Waals surface area contributed by atoms with E-state index in [4.69, 9.17) is 16.3 Å². The van der Waals surface area contributed by atoms with Crippen molar-refractivity contribution in [2.24, 2.45) is 11.8 Å². The van der Waals surface area contributed by atoms with E-state index in [-0.39, 0.29) is 10.7 Å². The van der Waals surface area contributed by atoms with Crippen molar-refractivity contribution in [2.75, 3.05) is 5.32 Å². The Balaban J connectivity index is 1.80. The summed E-state index contributed by atoms with van der Waals surface area (Å²) in [5, 5.41) is 11.9. The van der Waals surface area contributed by atoms with Crippen molar-refractivity contribution < 1.29 is 23.8 Å². The van der Waals surface area contributed by atoms with Gasteiger partial charge in [-0.15, -0.1) is 0 Å². The van der Waals surface area contributed by atoms with Gasteiger partial charge in [-0.05, 0) is 31.0 Å². The number of anilines is 1. The number of amides is 1. The summed E-state index contributed by atoms with van der Waals surface area (Å²) in [6, 6.07) is 3.88. The number of aliphatic carboxylic acids is 1. The fourth-order valence-corrected chi connectivity index (χ4v) is 3.29. The van der Waals surface area contributed by atoms with E-state index in [1.54, 1.807) is 0 Å². The molecule has 2 aliphatic heterocycles. The summed E-state index contributed by atoms with van der Waals surface area (Å²) in [4.78, 5) is 23.6. The van der Waals surface area contributed by atoms with Gasteiger partial charge in [0.2, 0.25) is 5.91 Å². The number of hydrogen-bond acceptors (Lipinski definition) is 3. The molecule has 2 heterocycles. The van der Waals surface area contributed by atoms with Crippen molar-refractivity contribution in [3.63, 3.8) is 0 Å². The quantitative estimate of drug-likeness (QED) is 0.898. The highest BCUT2D eigenvalue weighted by Crippen LogP contribution is 2.44. The van der Waals surface area contributed by atoms with Gasteiger partial charge in [-0.25, -0.2) is 4.39 Å². The van der Waals surface area contributed by atoms with E-state index in [0.29, 0.717) is 12.8 Å². The van der Waals surface area contributed by atoms with Crippen LogP contribution in [0.4, 0.5) is 10.1 Å². The lowest BCUT2D eigenvalue weighted by atomic mass is 9.78. The Hall–Kier alpha value is -1.66. The summed E-state index contributed by atoms with van der Waals surface area (Å²) in [5.41, 5.74) is -0.0173. The van der Waals surface area contributed by atoms with Gasteiger partial charge in [0.15, 0.2) is 0 Å². The molecule has 2 fully saturated rings. The second kappa shape index (κ2) is 5.27. The third-order valence-electron chi connectivity index (χ3n) is 4.05. The molecule has 1 aromatic carbocycles. The maximum Gasteiger partial charge on any atom is 0.310 e. The van der Waals surface area contributed by atoms with Crippen LogP contribution in [0.25, 0.3) is 0 Å². The molecule has 5 nitrogen and oxygen atoms in total. The third-order valence-corrected chi connectivity index (χ3v) is 4.29. The van der Waals surface area contributed by atoms with Gasteiger partial charge < -0.3 is 15.2 Å². The molecule has 2 bridgehead atoms. The molecule has 0 radical (unpaired) electrons. The van der Waals surface area contributed by atoms with Crippen LogP contribution < -0.4 is 5.32 Å². The number of benzene rings is 1. The first-order chi connectivity index (χ1) is 9.97. The number of nitrogens with one attached hydrogen (secondary N) is 1. The molecular weight excluding hydrogens is 301 g/mol. The van der Waals surface area contributed by atoms with Gasteiger partial charge in [-0.1, -0.05) is 11.6 Å². The number of carbonyl (C=O) groups is 2. The standard InChI is InChI=1S/C14H13ClFNO4/c15-6-1-2-8(7(16)5-6)17-13(18)11-9-3-4-10(21-9)12(11)14(19)20/h1-2,5,9-12H,3-4H2,(H,17,18)(H,19,20)/t9-,10+,11+,12-/m1/s1. The molecule has 4 atom stereocenters. The van der Waals surface area contributed by atoms with Gasteiger partial charge in [0.25, 0.3) is 0 Å². The highest BCUT2D eigenvalue weighted by Gasteiger charge is 2.55. The second-order valence-corrected chi connectivity index (χ2v) is 5.73. The number of carboxylic acid groups (broad SMARTS) is 1. The number of ether oxygens (including phenoxy) is 1. The minimum atomic E-state index is -1.06. The molecule has 1 amide bonds. The molecule has 0 aliphatic carbocycles. The van der Waals surface area contributed by atoms with Crippen molar-refractivity contribution in [1.29, 1.82) is 0 Å². The van der Waals surface area contributed by atoms with Gasteiger partial charge in [0.1, 0.15) is 5.82 Å². The van der Waals surface area contributed by atoms with Crippen LogP contribution in [0.5, 0.6) is 0 Å². The topological polar surface area (TPSA) is 75.6 Å². The highest BCUT2D eigenvalue weighted by molar-refractivity contribution is 6.30. The van der Waals surface area contributed by atoms with Crippen molar-refractivity contribution in [1.82, 2.24) is 0 Å².